The zero-order valence-electron chi connectivity index (χ0n) is 10.1. The van der Waals surface area contributed by atoms with Crippen LogP contribution in [0.15, 0.2) is 12.1 Å². The Labute approximate surface area is 104 Å². The van der Waals surface area contributed by atoms with Crippen molar-refractivity contribution in [3.63, 3.8) is 0 Å². The average molecular weight is 253 g/mol. The van der Waals surface area contributed by atoms with Crippen LogP contribution in [0.2, 0.25) is 0 Å². The maximum Gasteiger partial charge on any atom is 0.334 e. The van der Waals surface area contributed by atoms with Gasteiger partial charge in [-0.3, -0.25) is 4.98 Å². The van der Waals surface area contributed by atoms with Crippen molar-refractivity contribution in [2.24, 2.45) is 0 Å². The van der Waals surface area contributed by atoms with Crippen molar-refractivity contribution in [3.8, 4) is 0 Å². The van der Waals surface area contributed by atoms with Gasteiger partial charge in [0.05, 0.1) is 17.9 Å². The second kappa shape index (κ2) is 5.97. The first-order valence-electron chi connectivity index (χ1n) is 5.30. The number of aliphatic hydroxyl groups is 1. The van der Waals surface area contributed by atoms with Crippen LogP contribution in [-0.2, 0) is 4.79 Å². The Morgan fingerprint density at radius 3 is 2.61 bits per heavy atom. The molecule has 0 bridgehead atoms. The second-order valence-corrected chi connectivity index (χ2v) is 3.77. The molecule has 0 aliphatic carbocycles. The molecule has 1 atom stereocenters. The number of carboxylic acids is 1. The van der Waals surface area contributed by atoms with Gasteiger partial charge >= 0.3 is 12.0 Å². The Kier molecular flexibility index (Phi) is 4.61. The van der Waals surface area contributed by atoms with Crippen molar-refractivity contribution in [2.75, 3.05) is 11.9 Å². The molecule has 7 nitrogen and oxygen atoms in total. The molecule has 4 N–H and O–H groups in total. The fourth-order valence-corrected chi connectivity index (χ4v) is 1.26. The highest BCUT2D eigenvalue weighted by molar-refractivity contribution is 5.90. The maximum absolute atomic E-state index is 11.4. The largest absolute Gasteiger partial charge is 0.479 e. The normalized spacial score (nSPS) is 11.7. The number of carbonyl (C=O) groups excluding carboxylic acids is 1. The summed E-state index contributed by atoms with van der Waals surface area (Å²) < 4.78 is 0. The van der Waals surface area contributed by atoms with Gasteiger partial charge in [-0.1, -0.05) is 0 Å². The molecule has 7 heteroatoms. The Hall–Kier alpha value is -2.15. The number of aliphatic carboxylic acids is 1. The summed E-state index contributed by atoms with van der Waals surface area (Å²) in [6.07, 6.45) is -1.62. The summed E-state index contributed by atoms with van der Waals surface area (Å²) in [6, 6.07) is 2.85. The van der Waals surface area contributed by atoms with Crippen LogP contribution in [0.1, 0.15) is 11.4 Å². The van der Waals surface area contributed by atoms with Gasteiger partial charge < -0.3 is 20.8 Å². The van der Waals surface area contributed by atoms with Gasteiger partial charge in [0, 0.05) is 5.69 Å². The van der Waals surface area contributed by atoms with Crippen molar-refractivity contribution in [1.29, 1.82) is 0 Å². The number of pyridine rings is 1. The molecule has 0 aliphatic rings. The molecule has 1 aromatic heterocycles. The van der Waals surface area contributed by atoms with Crippen LogP contribution in [0.25, 0.3) is 0 Å². The number of amides is 2. The van der Waals surface area contributed by atoms with Crippen LogP contribution in [0.4, 0.5) is 10.5 Å². The fourth-order valence-electron chi connectivity index (χ4n) is 1.26. The molecular formula is C11H15N3O4. The van der Waals surface area contributed by atoms with Crippen molar-refractivity contribution in [2.45, 2.75) is 20.0 Å². The number of anilines is 1. The molecule has 0 aliphatic heterocycles. The van der Waals surface area contributed by atoms with Crippen LogP contribution in [-0.4, -0.2) is 39.8 Å². The first-order chi connectivity index (χ1) is 8.40. The molecule has 0 fully saturated rings. The number of urea groups is 1. The molecule has 2 amide bonds. The van der Waals surface area contributed by atoms with E-state index in [0.29, 0.717) is 11.4 Å². The van der Waals surface area contributed by atoms with Crippen molar-refractivity contribution in [1.82, 2.24) is 10.3 Å². The molecule has 0 spiro atoms. The lowest BCUT2D eigenvalue weighted by Gasteiger charge is -2.11. The van der Waals surface area contributed by atoms with E-state index in [9.17, 15) is 9.59 Å². The molecule has 1 heterocycles. The van der Waals surface area contributed by atoms with E-state index in [0.717, 1.165) is 5.69 Å². The molecule has 1 aromatic rings. The van der Waals surface area contributed by atoms with Gasteiger partial charge in [-0.2, -0.15) is 0 Å². The van der Waals surface area contributed by atoms with Gasteiger partial charge in [0.25, 0.3) is 0 Å². The quantitative estimate of drug-likeness (QED) is 0.615. The SMILES string of the molecule is Cc1ccc(NC(=O)NCC(O)C(=O)O)c(C)n1. The van der Waals surface area contributed by atoms with E-state index in [1.54, 1.807) is 19.1 Å². The van der Waals surface area contributed by atoms with Crippen molar-refractivity contribution >= 4 is 17.7 Å². The Balaban J connectivity index is 2.52. The van der Waals surface area contributed by atoms with E-state index in [2.05, 4.69) is 15.6 Å². The highest BCUT2D eigenvalue weighted by Crippen LogP contribution is 2.11. The number of aromatic nitrogens is 1. The minimum Gasteiger partial charge on any atom is -0.479 e. The summed E-state index contributed by atoms with van der Waals surface area (Å²) in [5, 5.41) is 22.2. The molecule has 18 heavy (non-hydrogen) atoms. The molecule has 0 radical (unpaired) electrons. The van der Waals surface area contributed by atoms with Gasteiger partial charge in [0.1, 0.15) is 0 Å². The predicted molar refractivity (Wildman–Crippen MR) is 64.4 cm³/mol. The zero-order chi connectivity index (χ0) is 13.7. The number of carboxylic acid groups (broad SMARTS) is 1. The van der Waals surface area contributed by atoms with Gasteiger partial charge in [-0.15, -0.1) is 0 Å². The summed E-state index contributed by atoms with van der Waals surface area (Å²) in [5.41, 5.74) is 2.02. The third-order valence-electron chi connectivity index (χ3n) is 2.21. The summed E-state index contributed by atoms with van der Waals surface area (Å²) in [4.78, 5) is 25.9. The number of aliphatic hydroxyl groups excluding tert-OH is 1. The third kappa shape index (κ3) is 4.02. The Bertz CT molecular complexity index is 462. The molecule has 98 valence electrons. The average Bonchev–Trinajstić information content (AvgIpc) is 2.29. The first kappa shape index (κ1) is 13.9. The van der Waals surface area contributed by atoms with E-state index < -0.39 is 18.1 Å². The highest BCUT2D eigenvalue weighted by atomic mass is 16.4. The third-order valence-corrected chi connectivity index (χ3v) is 2.21. The van der Waals surface area contributed by atoms with E-state index in [4.69, 9.17) is 10.2 Å². The summed E-state index contributed by atoms with van der Waals surface area (Å²) in [6.45, 7) is 3.22. The van der Waals surface area contributed by atoms with Crippen LogP contribution in [0.5, 0.6) is 0 Å². The Morgan fingerprint density at radius 2 is 2.06 bits per heavy atom. The maximum atomic E-state index is 11.4. The molecule has 1 rings (SSSR count). The zero-order valence-corrected chi connectivity index (χ0v) is 10.1. The summed E-state index contributed by atoms with van der Waals surface area (Å²) >= 11 is 0. The monoisotopic (exact) mass is 253 g/mol. The Morgan fingerprint density at radius 1 is 1.39 bits per heavy atom. The lowest BCUT2D eigenvalue weighted by Crippen LogP contribution is -2.38. The highest BCUT2D eigenvalue weighted by Gasteiger charge is 2.14. The number of aryl methyl sites for hydroxylation is 2. The molecular weight excluding hydrogens is 238 g/mol. The van der Waals surface area contributed by atoms with Crippen LogP contribution < -0.4 is 10.6 Å². The molecule has 1 unspecified atom stereocenters. The van der Waals surface area contributed by atoms with Gasteiger partial charge in [-0.25, -0.2) is 9.59 Å². The van der Waals surface area contributed by atoms with E-state index >= 15 is 0 Å². The molecule has 0 aromatic carbocycles. The fraction of sp³-hybridized carbons (Fsp3) is 0.364. The number of nitrogens with one attached hydrogen (secondary N) is 2. The lowest BCUT2D eigenvalue weighted by molar-refractivity contribution is -0.146. The van der Waals surface area contributed by atoms with E-state index in [1.165, 1.54) is 0 Å². The minimum absolute atomic E-state index is 0.362. The van der Waals surface area contributed by atoms with Gasteiger partial charge in [0.15, 0.2) is 6.10 Å². The second-order valence-electron chi connectivity index (χ2n) is 3.77. The van der Waals surface area contributed by atoms with Gasteiger partial charge in [0.2, 0.25) is 0 Å². The van der Waals surface area contributed by atoms with Crippen LogP contribution in [0, 0.1) is 13.8 Å². The number of rotatable bonds is 4. The predicted octanol–water partition coefficient (Wildman–Crippen LogP) is 0.265. The first-order valence-corrected chi connectivity index (χ1v) is 5.30. The summed E-state index contributed by atoms with van der Waals surface area (Å²) in [5.74, 6) is -1.39. The minimum atomic E-state index is -1.62. The van der Waals surface area contributed by atoms with Gasteiger partial charge in [-0.05, 0) is 26.0 Å². The van der Waals surface area contributed by atoms with Crippen LogP contribution in [0.3, 0.4) is 0 Å². The number of hydrogen-bond acceptors (Lipinski definition) is 4. The summed E-state index contributed by atoms with van der Waals surface area (Å²) in [7, 11) is 0. The molecule has 0 saturated heterocycles. The number of nitrogens with zero attached hydrogens (tertiary/aromatic N) is 1. The van der Waals surface area contributed by atoms with Crippen molar-refractivity contribution < 1.29 is 19.8 Å². The topological polar surface area (TPSA) is 112 Å². The number of hydrogen-bond donors (Lipinski definition) is 4. The van der Waals surface area contributed by atoms with E-state index in [-0.39, 0.29) is 6.54 Å². The van der Waals surface area contributed by atoms with E-state index in [1.807, 2.05) is 6.92 Å². The molecule has 0 saturated carbocycles. The van der Waals surface area contributed by atoms with Crippen LogP contribution >= 0.6 is 0 Å². The van der Waals surface area contributed by atoms with Crippen molar-refractivity contribution in [3.05, 3.63) is 23.5 Å². The lowest BCUT2D eigenvalue weighted by atomic mass is 10.3. The standard InChI is InChI=1S/C11H15N3O4/c1-6-3-4-8(7(2)13-6)14-11(18)12-5-9(15)10(16)17/h3-4,9,15H,5H2,1-2H3,(H,16,17)(H2,12,14,18). The number of carbonyl (C=O) groups is 2. The smallest absolute Gasteiger partial charge is 0.334 e.